The molecule has 2 aromatic heterocycles. The number of hydrogen-bond acceptors (Lipinski definition) is 4. The number of piperidine rings is 1. The molecule has 0 bridgehead atoms. The highest BCUT2D eigenvalue weighted by atomic mass is 35.5. The minimum absolute atomic E-state index is 0.0667. The third-order valence-electron chi connectivity index (χ3n) is 4.99. The van der Waals surface area contributed by atoms with Gasteiger partial charge >= 0.3 is 0 Å². The predicted octanol–water partition coefficient (Wildman–Crippen LogP) is 4.99. The number of oxazole rings is 1. The van der Waals surface area contributed by atoms with Crippen LogP contribution in [0.2, 0.25) is 5.02 Å². The van der Waals surface area contributed by atoms with Crippen molar-refractivity contribution in [3.05, 3.63) is 82.3 Å². The second kappa shape index (κ2) is 8.15. The van der Waals surface area contributed by atoms with Crippen molar-refractivity contribution in [1.82, 2.24) is 14.9 Å². The number of rotatable bonds is 4. The van der Waals surface area contributed by atoms with E-state index in [1.807, 2.05) is 48.2 Å². The molecule has 0 saturated carbocycles. The smallest absolute Gasteiger partial charge is 0.273 e. The highest BCUT2D eigenvalue weighted by Crippen LogP contribution is 2.32. The summed E-state index contributed by atoms with van der Waals surface area (Å²) in [5.74, 6) is 1.30. The number of pyridine rings is 1. The fourth-order valence-corrected chi connectivity index (χ4v) is 3.86. The Morgan fingerprint density at radius 3 is 2.93 bits per heavy atom. The van der Waals surface area contributed by atoms with Gasteiger partial charge in [0, 0.05) is 23.7 Å². The van der Waals surface area contributed by atoms with Gasteiger partial charge in [-0.1, -0.05) is 29.8 Å². The van der Waals surface area contributed by atoms with E-state index in [4.69, 9.17) is 16.0 Å². The highest BCUT2D eigenvalue weighted by molar-refractivity contribution is 6.30. The largest absolute Gasteiger partial charge is 0.443 e. The Morgan fingerprint density at radius 2 is 2.11 bits per heavy atom. The Labute approximate surface area is 169 Å². The number of aryl methyl sites for hydroxylation is 1. The lowest BCUT2D eigenvalue weighted by Gasteiger charge is -2.33. The van der Waals surface area contributed by atoms with E-state index in [2.05, 4.69) is 9.97 Å². The monoisotopic (exact) mass is 395 g/mol. The molecule has 0 radical (unpaired) electrons. The maximum absolute atomic E-state index is 13.1. The van der Waals surface area contributed by atoms with Crippen LogP contribution < -0.4 is 0 Å². The molecule has 3 aromatic rings. The fraction of sp³-hybridized carbons (Fsp3) is 0.318. The number of hydrogen-bond donors (Lipinski definition) is 0. The number of amides is 1. The minimum atomic E-state index is -0.156. The van der Waals surface area contributed by atoms with Gasteiger partial charge < -0.3 is 9.32 Å². The molecule has 144 valence electrons. The Bertz CT molecular complexity index is 985. The number of carbonyl (C=O) groups excluding carboxylic acids is 1. The highest BCUT2D eigenvalue weighted by Gasteiger charge is 2.32. The average molecular weight is 396 g/mol. The Hall–Kier alpha value is -2.66. The Morgan fingerprint density at radius 1 is 1.25 bits per heavy atom. The second-order valence-electron chi connectivity index (χ2n) is 7.15. The van der Waals surface area contributed by atoms with Crippen molar-refractivity contribution in [2.24, 2.45) is 0 Å². The second-order valence-corrected chi connectivity index (χ2v) is 7.58. The first-order valence-corrected chi connectivity index (χ1v) is 9.91. The summed E-state index contributed by atoms with van der Waals surface area (Å²) in [5.41, 5.74) is 2.37. The molecular formula is C22H22ClN3O2. The van der Waals surface area contributed by atoms with E-state index in [-0.39, 0.29) is 11.9 Å². The van der Waals surface area contributed by atoms with Crippen LogP contribution in [0.4, 0.5) is 0 Å². The third-order valence-corrected chi connectivity index (χ3v) is 5.23. The van der Waals surface area contributed by atoms with Crippen molar-refractivity contribution in [3.63, 3.8) is 0 Å². The van der Waals surface area contributed by atoms with Crippen LogP contribution in [0.3, 0.4) is 0 Å². The minimum Gasteiger partial charge on any atom is -0.443 e. The summed E-state index contributed by atoms with van der Waals surface area (Å²) in [6, 6.07) is 13.1. The number of carbonyl (C=O) groups is 1. The van der Waals surface area contributed by atoms with Crippen LogP contribution in [0.5, 0.6) is 0 Å². The maximum atomic E-state index is 13.1. The summed E-state index contributed by atoms with van der Waals surface area (Å²) in [6.07, 6.45) is 5.23. The van der Waals surface area contributed by atoms with E-state index in [1.54, 1.807) is 12.3 Å². The lowest BCUT2D eigenvalue weighted by Crippen LogP contribution is -2.39. The van der Waals surface area contributed by atoms with Gasteiger partial charge in [-0.2, -0.15) is 0 Å². The maximum Gasteiger partial charge on any atom is 0.273 e. The molecule has 0 unspecified atom stereocenters. The molecule has 0 spiro atoms. The van der Waals surface area contributed by atoms with Crippen LogP contribution >= 0.6 is 11.6 Å². The summed E-state index contributed by atoms with van der Waals surface area (Å²) in [5, 5.41) is 0.701. The van der Waals surface area contributed by atoms with E-state index in [0.29, 0.717) is 29.6 Å². The zero-order valence-corrected chi connectivity index (χ0v) is 16.5. The molecule has 28 heavy (non-hydrogen) atoms. The molecule has 1 aromatic carbocycles. The van der Waals surface area contributed by atoms with Crippen molar-refractivity contribution >= 4 is 17.5 Å². The summed E-state index contributed by atoms with van der Waals surface area (Å²) < 4.78 is 6.04. The molecule has 4 rings (SSSR count). The topological polar surface area (TPSA) is 59.2 Å². The van der Waals surface area contributed by atoms with Gasteiger partial charge in [0.05, 0.1) is 6.20 Å². The molecular weight excluding hydrogens is 374 g/mol. The summed E-state index contributed by atoms with van der Waals surface area (Å²) >= 11 is 6.06. The normalized spacial score (nSPS) is 16.9. The lowest BCUT2D eigenvalue weighted by molar-refractivity contribution is 0.0563. The van der Waals surface area contributed by atoms with Crippen LogP contribution in [0.1, 0.15) is 58.7 Å². The first-order valence-electron chi connectivity index (χ1n) is 9.54. The SMILES string of the molecule is Cc1cccc(C(=O)N2CCCC[C@H]2c2ncc(Cc3cccc(Cl)c3)o2)n1. The summed E-state index contributed by atoms with van der Waals surface area (Å²) in [7, 11) is 0. The molecule has 3 heterocycles. The quantitative estimate of drug-likeness (QED) is 0.624. The van der Waals surface area contributed by atoms with E-state index in [0.717, 1.165) is 36.3 Å². The van der Waals surface area contributed by atoms with Gasteiger partial charge in [0.1, 0.15) is 17.5 Å². The van der Waals surface area contributed by atoms with E-state index in [9.17, 15) is 4.79 Å². The molecule has 5 nitrogen and oxygen atoms in total. The average Bonchev–Trinajstić information content (AvgIpc) is 3.16. The van der Waals surface area contributed by atoms with Crippen LogP contribution in [0, 0.1) is 6.92 Å². The van der Waals surface area contributed by atoms with Crippen molar-refractivity contribution in [3.8, 4) is 0 Å². The van der Waals surface area contributed by atoms with E-state index < -0.39 is 0 Å². The molecule has 1 fully saturated rings. The van der Waals surface area contributed by atoms with Crippen molar-refractivity contribution in [2.75, 3.05) is 6.54 Å². The van der Waals surface area contributed by atoms with Gasteiger partial charge in [0.2, 0.25) is 5.89 Å². The van der Waals surface area contributed by atoms with Gasteiger partial charge in [-0.05, 0) is 56.0 Å². The third kappa shape index (κ3) is 4.09. The fourth-order valence-electron chi connectivity index (χ4n) is 3.65. The molecule has 1 amide bonds. The van der Waals surface area contributed by atoms with Gasteiger partial charge in [-0.25, -0.2) is 9.97 Å². The molecule has 1 aliphatic heterocycles. The first-order chi connectivity index (χ1) is 13.6. The van der Waals surface area contributed by atoms with E-state index >= 15 is 0 Å². The number of nitrogens with zero attached hydrogens (tertiary/aromatic N) is 3. The lowest BCUT2D eigenvalue weighted by atomic mass is 10.0. The van der Waals surface area contributed by atoms with Crippen molar-refractivity contribution in [1.29, 1.82) is 0 Å². The first kappa shape index (κ1) is 18.7. The standard InChI is InChI=1S/C22H22ClN3O2/c1-15-6-4-9-19(25-15)22(27)26-11-3-2-10-20(26)21-24-14-18(28-21)13-16-7-5-8-17(23)12-16/h4-9,12,14,20H,2-3,10-11,13H2,1H3/t20-/m0/s1. The molecule has 1 atom stereocenters. The zero-order valence-electron chi connectivity index (χ0n) is 15.8. The number of benzene rings is 1. The molecule has 0 N–H and O–H groups in total. The van der Waals surface area contributed by atoms with Crippen LogP contribution in [0.15, 0.2) is 53.1 Å². The number of likely N-dealkylation sites (tertiary alicyclic amines) is 1. The van der Waals surface area contributed by atoms with Gasteiger partial charge in [-0.3, -0.25) is 4.79 Å². The van der Waals surface area contributed by atoms with Crippen molar-refractivity contribution < 1.29 is 9.21 Å². The van der Waals surface area contributed by atoms with Gasteiger partial charge in [-0.15, -0.1) is 0 Å². The van der Waals surface area contributed by atoms with Gasteiger partial charge in [0.25, 0.3) is 5.91 Å². The molecule has 1 saturated heterocycles. The summed E-state index contributed by atoms with van der Waals surface area (Å²) in [4.78, 5) is 23.8. The number of halogens is 1. The molecule has 6 heteroatoms. The number of aromatic nitrogens is 2. The summed E-state index contributed by atoms with van der Waals surface area (Å²) in [6.45, 7) is 2.58. The van der Waals surface area contributed by atoms with Crippen LogP contribution in [-0.2, 0) is 6.42 Å². The predicted molar refractivity (Wildman–Crippen MR) is 107 cm³/mol. The van der Waals surface area contributed by atoms with Crippen LogP contribution in [-0.4, -0.2) is 27.3 Å². The van der Waals surface area contributed by atoms with Crippen molar-refractivity contribution in [2.45, 2.75) is 38.6 Å². The Kier molecular flexibility index (Phi) is 5.44. The molecule has 0 aliphatic carbocycles. The van der Waals surface area contributed by atoms with Gasteiger partial charge in [0.15, 0.2) is 0 Å². The van der Waals surface area contributed by atoms with Crippen LogP contribution in [0.25, 0.3) is 0 Å². The molecule has 1 aliphatic rings. The zero-order chi connectivity index (χ0) is 19.5. The Balaban J connectivity index is 1.55. The van der Waals surface area contributed by atoms with E-state index in [1.165, 1.54) is 0 Å².